The molecule has 2 aromatic rings. The summed E-state index contributed by atoms with van der Waals surface area (Å²) in [5.74, 6) is 0.408. The molecule has 1 saturated carbocycles. The van der Waals surface area contributed by atoms with E-state index in [9.17, 15) is 4.79 Å². The number of nitrogens with zero attached hydrogens (tertiary/aromatic N) is 2. The van der Waals surface area contributed by atoms with Gasteiger partial charge in [-0.3, -0.25) is 9.89 Å². The first-order valence-corrected chi connectivity index (χ1v) is 7.27. The van der Waals surface area contributed by atoms with Crippen LogP contribution in [-0.4, -0.2) is 21.1 Å². The smallest absolute Gasteiger partial charge is 0.255 e. The quantitative estimate of drug-likeness (QED) is 0.900. The number of aromatic nitrogens is 3. The van der Waals surface area contributed by atoms with Crippen molar-refractivity contribution in [2.24, 2.45) is 0 Å². The molecular formula is C13H16N4OS. The molecule has 2 aromatic heterocycles. The second kappa shape index (κ2) is 4.77. The Balaban J connectivity index is 1.71. The van der Waals surface area contributed by atoms with Gasteiger partial charge in [0.05, 0.1) is 28.5 Å². The summed E-state index contributed by atoms with van der Waals surface area (Å²) in [7, 11) is 0. The van der Waals surface area contributed by atoms with Crippen LogP contribution in [0.25, 0.3) is 0 Å². The number of carbonyl (C=O) groups excluding carboxylic acids is 1. The monoisotopic (exact) mass is 276 g/mol. The number of rotatable bonds is 4. The van der Waals surface area contributed by atoms with Crippen LogP contribution in [0.3, 0.4) is 0 Å². The van der Waals surface area contributed by atoms with Gasteiger partial charge in [-0.25, -0.2) is 4.98 Å². The first-order valence-electron chi connectivity index (χ1n) is 6.39. The van der Waals surface area contributed by atoms with Crippen LogP contribution >= 0.6 is 11.3 Å². The van der Waals surface area contributed by atoms with Crippen molar-refractivity contribution in [3.05, 3.63) is 33.0 Å². The Morgan fingerprint density at radius 1 is 1.53 bits per heavy atom. The molecule has 0 aromatic carbocycles. The van der Waals surface area contributed by atoms with Crippen molar-refractivity contribution in [1.82, 2.24) is 20.5 Å². The van der Waals surface area contributed by atoms with Gasteiger partial charge < -0.3 is 5.32 Å². The Kier molecular flexibility index (Phi) is 3.10. The molecule has 0 radical (unpaired) electrons. The molecule has 0 unspecified atom stereocenters. The number of carbonyl (C=O) groups is 1. The van der Waals surface area contributed by atoms with Gasteiger partial charge in [-0.1, -0.05) is 0 Å². The van der Waals surface area contributed by atoms with Crippen molar-refractivity contribution in [3.8, 4) is 0 Å². The van der Waals surface area contributed by atoms with Crippen molar-refractivity contribution in [1.29, 1.82) is 0 Å². The highest BCUT2D eigenvalue weighted by atomic mass is 32.1. The van der Waals surface area contributed by atoms with Gasteiger partial charge in [-0.15, -0.1) is 11.3 Å². The highest BCUT2D eigenvalue weighted by Crippen LogP contribution is 2.41. The van der Waals surface area contributed by atoms with E-state index in [1.54, 1.807) is 11.3 Å². The van der Waals surface area contributed by atoms with Gasteiger partial charge in [0, 0.05) is 17.0 Å². The zero-order chi connectivity index (χ0) is 13.4. The normalized spacial score (nSPS) is 14.6. The van der Waals surface area contributed by atoms with Crippen molar-refractivity contribution in [2.45, 2.75) is 39.2 Å². The largest absolute Gasteiger partial charge is 0.346 e. The fourth-order valence-electron chi connectivity index (χ4n) is 2.14. The number of hydrogen-bond donors (Lipinski definition) is 2. The maximum absolute atomic E-state index is 12.3. The molecule has 0 spiro atoms. The lowest BCUT2D eigenvalue weighted by Gasteiger charge is -2.04. The van der Waals surface area contributed by atoms with Crippen molar-refractivity contribution < 1.29 is 4.79 Å². The Bertz CT molecular complexity index is 612. The molecule has 5 nitrogen and oxygen atoms in total. The first-order chi connectivity index (χ1) is 9.15. The van der Waals surface area contributed by atoms with Crippen LogP contribution < -0.4 is 5.32 Å². The van der Waals surface area contributed by atoms with E-state index in [2.05, 4.69) is 20.5 Å². The minimum absolute atomic E-state index is 0.0567. The van der Waals surface area contributed by atoms with Crippen molar-refractivity contribution in [3.63, 3.8) is 0 Å². The van der Waals surface area contributed by atoms with Gasteiger partial charge in [0.2, 0.25) is 0 Å². The summed E-state index contributed by atoms with van der Waals surface area (Å²) < 4.78 is 0. The number of hydrogen-bond acceptors (Lipinski definition) is 4. The number of aryl methyl sites for hydroxylation is 2. The van der Waals surface area contributed by atoms with Crippen LogP contribution in [-0.2, 0) is 6.54 Å². The van der Waals surface area contributed by atoms with Crippen LogP contribution in [0.1, 0.15) is 51.2 Å². The predicted molar refractivity (Wildman–Crippen MR) is 73.3 cm³/mol. The van der Waals surface area contributed by atoms with E-state index in [1.807, 2.05) is 19.2 Å². The molecule has 1 aliphatic carbocycles. The molecule has 100 valence electrons. The van der Waals surface area contributed by atoms with E-state index in [4.69, 9.17) is 0 Å². The Labute approximate surface area is 115 Å². The first kappa shape index (κ1) is 12.3. The maximum Gasteiger partial charge on any atom is 0.255 e. The van der Waals surface area contributed by atoms with Crippen LogP contribution in [0.5, 0.6) is 0 Å². The van der Waals surface area contributed by atoms with Crippen LogP contribution in [0.15, 0.2) is 5.38 Å². The number of nitrogens with one attached hydrogen (secondary N) is 2. The minimum atomic E-state index is -0.0567. The van der Waals surface area contributed by atoms with Gasteiger partial charge in [-0.05, 0) is 26.7 Å². The zero-order valence-electron chi connectivity index (χ0n) is 11.0. The molecule has 1 aliphatic rings. The van der Waals surface area contributed by atoms with Gasteiger partial charge in [0.25, 0.3) is 5.91 Å². The summed E-state index contributed by atoms with van der Waals surface area (Å²) in [6.45, 7) is 4.32. The SMILES string of the molecule is Cc1nc(CNC(=O)c2c(C3CC3)n[nH]c2C)cs1. The maximum atomic E-state index is 12.3. The average Bonchev–Trinajstić information content (AvgIpc) is 3.03. The third kappa shape index (κ3) is 2.53. The Morgan fingerprint density at radius 3 is 2.95 bits per heavy atom. The highest BCUT2D eigenvalue weighted by molar-refractivity contribution is 7.09. The highest BCUT2D eigenvalue weighted by Gasteiger charge is 2.31. The molecular weight excluding hydrogens is 260 g/mol. The lowest BCUT2D eigenvalue weighted by molar-refractivity contribution is 0.0949. The summed E-state index contributed by atoms with van der Waals surface area (Å²) >= 11 is 1.59. The topological polar surface area (TPSA) is 70.7 Å². The second-order valence-electron chi connectivity index (χ2n) is 4.92. The molecule has 1 amide bonds. The third-order valence-electron chi connectivity index (χ3n) is 3.26. The molecule has 19 heavy (non-hydrogen) atoms. The fourth-order valence-corrected chi connectivity index (χ4v) is 2.75. The minimum Gasteiger partial charge on any atom is -0.346 e. The van der Waals surface area contributed by atoms with Crippen molar-refractivity contribution in [2.75, 3.05) is 0 Å². The molecule has 0 saturated heterocycles. The number of aromatic amines is 1. The summed E-state index contributed by atoms with van der Waals surface area (Å²) in [5.41, 5.74) is 3.39. The van der Waals surface area contributed by atoms with E-state index in [0.29, 0.717) is 12.5 Å². The second-order valence-corrected chi connectivity index (χ2v) is 5.99. The Hall–Kier alpha value is -1.69. The van der Waals surface area contributed by atoms with E-state index in [1.165, 1.54) is 0 Å². The van der Waals surface area contributed by atoms with Crippen LogP contribution in [0.2, 0.25) is 0 Å². The third-order valence-corrected chi connectivity index (χ3v) is 4.09. The number of thiazole rings is 1. The lowest BCUT2D eigenvalue weighted by Crippen LogP contribution is -2.24. The van der Waals surface area contributed by atoms with Gasteiger partial charge in [-0.2, -0.15) is 5.10 Å². The molecule has 2 heterocycles. The summed E-state index contributed by atoms with van der Waals surface area (Å²) in [6.07, 6.45) is 2.27. The molecule has 2 N–H and O–H groups in total. The van der Waals surface area contributed by atoms with E-state index in [-0.39, 0.29) is 5.91 Å². The number of H-pyrrole nitrogens is 1. The van der Waals surface area contributed by atoms with Crippen LogP contribution in [0, 0.1) is 13.8 Å². The van der Waals surface area contributed by atoms with Crippen LogP contribution in [0.4, 0.5) is 0 Å². The Morgan fingerprint density at radius 2 is 2.32 bits per heavy atom. The van der Waals surface area contributed by atoms with Gasteiger partial charge in [0.1, 0.15) is 0 Å². The fraction of sp³-hybridized carbons (Fsp3) is 0.462. The molecule has 6 heteroatoms. The molecule has 0 atom stereocenters. The van der Waals surface area contributed by atoms with E-state index in [0.717, 1.165) is 40.5 Å². The molecule has 0 bridgehead atoms. The predicted octanol–water partition coefficient (Wildman–Crippen LogP) is 2.29. The van der Waals surface area contributed by atoms with Gasteiger partial charge in [0.15, 0.2) is 0 Å². The van der Waals surface area contributed by atoms with E-state index >= 15 is 0 Å². The molecule has 1 fully saturated rings. The number of amides is 1. The summed E-state index contributed by atoms with van der Waals surface area (Å²) in [4.78, 5) is 16.6. The standard InChI is InChI=1S/C13H16N4OS/c1-7-11(12(17-16-7)9-3-4-9)13(18)14-5-10-6-19-8(2)15-10/h6,9H,3-5H2,1-2H3,(H,14,18)(H,16,17). The van der Waals surface area contributed by atoms with Gasteiger partial charge >= 0.3 is 0 Å². The van der Waals surface area contributed by atoms with Crippen molar-refractivity contribution >= 4 is 17.2 Å². The van der Waals surface area contributed by atoms with E-state index < -0.39 is 0 Å². The lowest BCUT2D eigenvalue weighted by atomic mass is 10.1. The average molecular weight is 276 g/mol. The summed E-state index contributed by atoms with van der Waals surface area (Å²) in [5, 5.41) is 13.1. The summed E-state index contributed by atoms with van der Waals surface area (Å²) in [6, 6.07) is 0. The molecule has 0 aliphatic heterocycles. The molecule has 3 rings (SSSR count). The zero-order valence-corrected chi connectivity index (χ0v) is 11.8.